The second-order valence-electron chi connectivity index (χ2n) is 14.0. The van der Waals surface area contributed by atoms with Crippen LogP contribution in [0.2, 0.25) is 0 Å². The van der Waals surface area contributed by atoms with E-state index in [1.54, 1.807) is 24.4 Å². The summed E-state index contributed by atoms with van der Waals surface area (Å²) in [5.41, 5.74) is 0.222. The largest absolute Gasteiger partial charge is 0.468 e. The number of rotatable bonds is 9. The maximum atomic E-state index is 17.2. The predicted octanol–water partition coefficient (Wildman–Crippen LogP) is 6.77. The lowest BCUT2D eigenvalue weighted by molar-refractivity contribution is -0.00633. The average Bonchev–Trinajstić information content (AvgIpc) is 3.80. The molecule has 3 atom stereocenters. The zero-order chi connectivity index (χ0) is 33.8. The van der Waals surface area contributed by atoms with E-state index in [2.05, 4.69) is 19.8 Å². The number of hydrogen-bond donors (Lipinski definition) is 0. The van der Waals surface area contributed by atoms with Gasteiger partial charge in [0.05, 0.1) is 16.5 Å². The summed E-state index contributed by atoms with van der Waals surface area (Å²) in [4.78, 5) is 18.5. The van der Waals surface area contributed by atoms with Gasteiger partial charge < -0.3 is 23.8 Å². The highest BCUT2D eigenvalue weighted by Crippen LogP contribution is 2.43. The summed E-state index contributed by atoms with van der Waals surface area (Å²) in [5.74, 6) is -0.0775. The van der Waals surface area contributed by atoms with Crippen LogP contribution in [0.1, 0.15) is 57.4 Å². The van der Waals surface area contributed by atoms with Crippen molar-refractivity contribution in [1.82, 2.24) is 19.9 Å². The van der Waals surface area contributed by atoms with Gasteiger partial charge in [-0.05, 0) is 86.0 Å². The Bertz CT molecular complexity index is 1890. The number of halogens is 3. The number of aromatic nitrogens is 3. The highest BCUT2D eigenvalue weighted by molar-refractivity contribution is 6.01. The van der Waals surface area contributed by atoms with Gasteiger partial charge in [0.2, 0.25) is 0 Å². The lowest BCUT2D eigenvalue weighted by Crippen LogP contribution is -2.48. The molecule has 8 rings (SSSR count). The maximum absolute atomic E-state index is 17.2. The minimum absolute atomic E-state index is 0.0131. The summed E-state index contributed by atoms with van der Waals surface area (Å²) in [6.45, 7) is 5.35. The molecule has 0 aliphatic carbocycles. The molecule has 1 spiro atoms. The fourth-order valence-electron chi connectivity index (χ4n) is 8.75. The van der Waals surface area contributed by atoms with Gasteiger partial charge in [0, 0.05) is 51.5 Å². The Morgan fingerprint density at radius 2 is 1.90 bits per heavy atom. The van der Waals surface area contributed by atoms with Crippen molar-refractivity contribution in [2.45, 2.75) is 75.6 Å². The normalized spacial score (nSPS) is 25.6. The molecule has 6 heterocycles. The van der Waals surface area contributed by atoms with Gasteiger partial charge in [-0.3, -0.25) is 9.88 Å². The van der Waals surface area contributed by atoms with Gasteiger partial charge in [0.15, 0.2) is 12.6 Å². The van der Waals surface area contributed by atoms with E-state index in [9.17, 15) is 4.39 Å². The Morgan fingerprint density at radius 1 is 1.04 bits per heavy atom. The molecule has 4 aliphatic rings. The predicted molar refractivity (Wildman–Crippen MR) is 180 cm³/mol. The van der Waals surface area contributed by atoms with Gasteiger partial charge in [-0.15, -0.1) is 0 Å². The number of piperidine rings is 1. The molecule has 4 fully saturated rings. The molecular weight excluding hydrogens is 635 g/mol. The molecule has 49 heavy (non-hydrogen) atoms. The van der Waals surface area contributed by atoms with Gasteiger partial charge in [-0.25, -0.2) is 13.2 Å². The van der Waals surface area contributed by atoms with Gasteiger partial charge in [-0.1, -0.05) is 13.0 Å². The standard InChI is InChI=1S/C37H42F3N5O4/c1-3-26-29(39)8-7-23-15-25(48-22-46-2)16-27(30(23)26)32-31(40)33-28(18-41-32)34(44-12-5-10-37(20-44)11-6-14-49-37)43-35(42-33)47-21-36-9-4-13-45(36)19-24(38)17-36/h7-8,15-16,18,24H,3-6,9-14,17,19-22H2,1-2H3/t24-,36+,37?/m1/s1. The number of alkyl halides is 1. The second kappa shape index (κ2) is 12.9. The Morgan fingerprint density at radius 3 is 2.71 bits per heavy atom. The Kier molecular flexibility index (Phi) is 8.52. The first-order valence-corrected chi connectivity index (χ1v) is 17.5. The molecular formula is C37H42F3N5O4. The van der Waals surface area contributed by atoms with E-state index in [4.69, 9.17) is 23.9 Å². The monoisotopic (exact) mass is 677 g/mol. The van der Waals surface area contributed by atoms with Crippen molar-refractivity contribution in [3.8, 4) is 23.0 Å². The average molecular weight is 678 g/mol. The minimum Gasteiger partial charge on any atom is -0.468 e. The summed E-state index contributed by atoms with van der Waals surface area (Å²) in [6, 6.07) is 6.57. The highest BCUT2D eigenvalue weighted by Gasteiger charge is 2.49. The number of nitrogens with zero attached hydrogens (tertiary/aromatic N) is 5. The first kappa shape index (κ1) is 32.5. The van der Waals surface area contributed by atoms with Crippen LogP contribution in [-0.2, 0) is 15.9 Å². The molecule has 4 aromatic rings. The molecule has 0 bridgehead atoms. The summed E-state index contributed by atoms with van der Waals surface area (Å²) >= 11 is 0. The topological polar surface area (TPSA) is 82.1 Å². The lowest BCUT2D eigenvalue weighted by Gasteiger charge is -2.40. The van der Waals surface area contributed by atoms with E-state index < -0.39 is 17.5 Å². The third-order valence-electron chi connectivity index (χ3n) is 11.0. The molecule has 1 unspecified atom stereocenters. The van der Waals surface area contributed by atoms with Gasteiger partial charge >= 0.3 is 6.01 Å². The molecule has 12 heteroatoms. The molecule has 0 amide bonds. The number of anilines is 1. The summed E-state index contributed by atoms with van der Waals surface area (Å²) in [5, 5.41) is 1.70. The van der Waals surface area contributed by atoms with Crippen LogP contribution >= 0.6 is 0 Å². The van der Waals surface area contributed by atoms with Gasteiger partial charge in [0.1, 0.15) is 41.4 Å². The van der Waals surface area contributed by atoms with Gasteiger partial charge in [-0.2, -0.15) is 9.97 Å². The van der Waals surface area contributed by atoms with Crippen molar-refractivity contribution < 1.29 is 32.1 Å². The fourth-order valence-corrected chi connectivity index (χ4v) is 8.75. The smallest absolute Gasteiger partial charge is 0.319 e. The Labute approximate surface area is 283 Å². The number of benzene rings is 2. The van der Waals surface area contributed by atoms with Crippen molar-refractivity contribution in [3.63, 3.8) is 0 Å². The van der Waals surface area contributed by atoms with Crippen molar-refractivity contribution in [1.29, 1.82) is 0 Å². The van der Waals surface area contributed by atoms with Crippen LogP contribution in [0.3, 0.4) is 0 Å². The minimum atomic E-state index is -0.907. The molecule has 0 N–H and O–H groups in total. The van der Waals surface area contributed by atoms with Crippen molar-refractivity contribution in [2.75, 3.05) is 58.2 Å². The Balaban J connectivity index is 1.27. The fraction of sp³-hybridized carbons (Fsp3) is 0.541. The van der Waals surface area contributed by atoms with E-state index >= 15 is 8.78 Å². The quantitative estimate of drug-likeness (QED) is 0.178. The van der Waals surface area contributed by atoms with Crippen LogP contribution < -0.4 is 14.4 Å². The third kappa shape index (κ3) is 5.75. The molecule has 4 saturated heterocycles. The van der Waals surface area contributed by atoms with Gasteiger partial charge in [0.25, 0.3) is 0 Å². The van der Waals surface area contributed by atoms with Crippen LogP contribution in [0.4, 0.5) is 19.0 Å². The Hall–Kier alpha value is -3.74. The molecule has 2 aromatic carbocycles. The summed E-state index contributed by atoms with van der Waals surface area (Å²) in [6.07, 6.45) is 7.10. The zero-order valence-electron chi connectivity index (χ0n) is 28.1. The van der Waals surface area contributed by atoms with E-state index in [1.165, 1.54) is 13.2 Å². The number of fused-ring (bicyclic) bond motifs is 3. The lowest BCUT2D eigenvalue weighted by atomic mass is 9.90. The van der Waals surface area contributed by atoms with Crippen molar-refractivity contribution in [3.05, 3.63) is 47.7 Å². The van der Waals surface area contributed by atoms with E-state index in [-0.39, 0.29) is 42.0 Å². The van der Waals surface area contributed by atoms with Crippen LogP contribution in [0, 0.1) is 11.6 Å². The number of hydrogen-bond acceptors (Lipinski definition) is 9. The highest BCUT2D eigenvalue weighted by atomic mass is 19.1. The summed E-state index contributed by atoms with van der Waals surface area (Å²) in [7, 11) is 1.52. The molecule has 2 aromatic heterocycles. The van der Waals surface area contributed by atoms with Crippen LogP contribution in [-0.4, -0.2) is 90.5 Å². The zero-order valence-corrected chi connectivity index (χ0v) is 28.1. The molecule has 9 nitrogen and oxygen atoms in total. The maximum Gasteiger partial charge on any atom is 0.319 e. The number of pyridine rings is 1. The van der Waals surface area contributed by atoms with Crippen molar-refractivity contribution in [2.24, 2.45) is 0 Å². The third-order valence-corrected chi connectivity index (χ3v) is 11.0. The number of methoxy groups -OCH3 is 1. The molecule has 260 valence electrons. The van der Waals surface area contributed by atoms with Crippen LogP contribution in [0.5, 0.6) is 11.8 Å². The molecule has 0 radical (unpaired) electrons. The van der Waals surface area contributed by atoms with Crippen LogP contribution in [0.15, 0.2) is 30.5 Å². The van der Waals surface area contributed by atoms with Crippen molar-refractivity contribution >= 4 is 27.5 Å². The molecule has 4 aliphatic heterocycles. The van der Waals surface area contributed by atoms with E-state index in [0.717, 1.165) is 51.7 Å². The first-order valence-electron chi connectivity index (χ1n) is 17.5. The molecule has 0 saturated carbocycles. The number of ether oxygens (including phenoxy) is 4. The van der Waals surface area contributed by atoms with E-state index in [1.807, 2.05) is 6.92 Å². The number of aryl methyl sites for hydroxylation is 1. The van der Waals surface area contributed by atoms with Crippen LogP contribution in [0.25, 0.3) is 32.9 Å². The summed E-state index contributed by atoms with van der Waals surface area (Å²) < 4.78 is 70.4. The first-order chi connectivity index (χ1) is 23.8. The van der Waals surface area contributed by atoms with E-state index in [0.29, 0.717) is 71.3 Å². The SMILES string of the molecule is CCc1c(F)ccc2cc(OCOC)cc(-c3ncc4c(N5CCCC6(CCCO6)C5)nc(OC[C@@]56CCCN5C[C@H](F)C6)nc4c3F)c12. The second-order valence-corrected chi connectivity index (χ2v) is 14.0.